The number of thiophene rings is 1. The van der Waals surface area contributed by atoms with Gasteiger partial charge in [0.1, 0.15) is 11.9 Å². The summed E-state index contributed by atoms with van der Waals surface area (Å²) < 4.78 is 6.82. The fourth-order valence-electron chi connectivity index (χ4n) is 1.40. The molecule has 0 amide bonds. The fraction of sp³-hybridized carbons (Fsp3) is 0.167. The third kappa shape index (κ3) is 2.64. The van der Waals surface area contributed by atoms with E-state index in [0.717, 1.165) is 15.8 Å². The van der Waals surface area contributed by atoms with Crippen molar-refractivity contribution in [2.75, 3.05) is 6.54 Å². The maximum atomic E-state index is 5.87. The van der Waals surface area contributed by atoms with Crippen molar-refractivity contribution in [3.05, 3.63) is 51.1 Å². The highest BCUT2D eigenvalue weighted by atomic mass is 79.9. The predicted octanol–water partition coefficient (Wildman–Crippen LogP) is 3.59. The average molecular weight is 298 g/mol. The Morgan fingerprint density at radius 1 is 1.31 bits per heavy atom. The lowest BCUT2D eigenvalue weighted by atomic mass is 10.2. The van der Waals surface area contributed by atoms with E-state index in [2.05, 4.69) is 21.3 Å². The summed E-state index contributed by atoms with van der Waals surface area (Å²) in [5.74, 6) is 0.823. The number of nitrogens with two attached hydrogens (primary N) is 1. The lowest BCUT2D eigenvalue weighted by Crippen LogP contribution is -2.17. The van der Waals surface area contributed by atoms with Crippen LogP contribution < -0.4 is 10.5 Å². The van der Waals surface area contributed by atoms with Crippen molar-refractivity contribution in [2.45, 2.75) is 6.10 Å². The van der Waals surface area contributed by atoms with Crippen molar-refractivity contribution < 1.29 is 4.74 Å². The Kier molecular flexibility index (Phi) is 3.98. The zero-order valence-corrected chi connectivity index (χ0v) is 11.0. The van der Waals surface area contributed by atoms with Crippen LogP contribution in [0.5, 0.6) is 5.75 Å². The topological polar surface area (TPSA) is 35.2 Å². The Labute approximate surface area is 107 Å². The molecule has 1 heterocycles. The minimum absolute atomic E-state index is 0.0788. The first kappa shape index (κ1) is 11.6. The molecular formula is C12H12BrNOS. The molecular weight excluding hydrogens is 286 g/mol. The van der Waals surface area contributed by atoms with Crippen molar-refractivity contribution in [2.24, 2.45) is 5.73 Å². The van der Waals surface area contributed by atoms with Crippen LogP contribution in [0.2, 0.25) is 0 Å². The third-order valence-corrected chi connectivity index (χ3v) is 3.59. The van der Waals surface area contributed by atoms with Crippen LogP contribution in [-0.4, -0.2) is 6.54 Å². The highest BCUT2D eigenvalue weighted by Crippen LogP contribution is 2.29. The van der Waals surface area contributed by atoms with E-state index in [-0.39, 0.29) is 6.10 Å². The third-order valence-electron chi connectivity index (χ3n) is 2.23. The maximum Gasteiger partial charge on any atom is 0.137 e. The van der Waals surface area contributed by atoms with Crippen LogP contribution in [0, 0.1) is 0 Å². The van der Waals surface area contributed by atoms with Crippen molar-refractivity contribution >= 4 is 27.3 Å². The normalized spacial score (nSPS) is 12.4. The summed E-state index contributed by atoms with van der Waals surface area (Å²) in [5.41, 5.74) is 6.85. The van der Waals surface area contributed by atoms with Crippen LogP contribution in [0.15, 0.2) is 45.6 Å². The van der Waals surface area contributed by atoms with Gasteiger partial charge in [0, 0.05) is 12.1 Å². The molecule has 0 saturated carbocycles. The van der Waals surface area contributed by atoms with Crippen molar-refractivity contribution in [1.29, 1.82) is 0 Å². The number of rotatable bonds is 4. The van der Waals surface area contributed by atoms with Crippen LogP contribution >= 0.6 is 27.3 Å². The van der Waals surface area contributed by atoms with Crippen LogP contribution in [0.25, 0.3) is 0 Å². The van der Waals surface area contributed by atoms with Gasteiger partial charge in [-0.05, 0) is 44.9 Å². The minimum atomic E-state index is -0.0788. The minimum Gasteiger partial charge on any atom is -0.483 e. The highest BCUT2D eigenvalue weighted by molar-refractivity contribution is 9.10. The zero-order chi connectivity index (χ0) is 11.4. The van der Waals surface area contributed by atoms with E-state index in [1.165, 1.54) is 0 Å². The summed E-state index contributed by atoms with van der Waals surface area (Å²) in [6.45, 7) is 0.470. The number of hydrogen-bond donors (Lipinski definition) is 1. The first-order valence-electron chi connectivity index (χ1n) is 4.94. The molecule has 2 rings (SSSR count). The molecule has 16 heavy (non-hydrogen) atoms. The van der Waals surface area contributed by atoms with Gasteiger partial charge >= 0.3 is 0 Å². The van der Waals surface area contributed by atoms with Gasteiger partial charge in [-0.1, -0.05) is 12.1 Å². The molecule has 4 heteroatoms. The number of para-hydroxylation sites is 1. The molecule has 2 nitrogen and oxygen atoms in total. The van der Waals surface area contributed by atoms with E-state index < -0.39 is 0 Å². The Morgan fingerprint density at radius 2 is 2.12 bits per heavy atom. The molecule has 2 N–H and O–H groups in total. The highest BCUT2D eigenvalue weighted by Gasteiger charge is 2.12. The summed E-state index contributed by atoms with van der Waals surface area (Å²) in [4.78, 5) is 0. The molecule has 0 aliphatic rings. The molecule has 0 fully saturated rings. The van der Waals surface area contributed by atoms with E-state index in [0.29, 0.717) is 6.54 Å². The van der Waals surface area contributed by atoms with Gasteiger partial charge in [-0.15, -0.1) is 0 Å². The lowest BCUT2D eigenvalue weighted by Gasteiger charge is -2.17. The van der Waals surface area contributed by atoms with E-state index in [1.807, 2.05) is 35.7 Å². The Morgan fingerprint density at radius 3 is 2.75 bits per heavy atom. The van der Waals surface area contributed by atoms with Gasteiger partial charge in [-0.2, -0.15) is 11.3 Å². The van der Waals surface area contributed by atoms with Gasteiger partial charge in [-0.25, -0.2) is 0 Å². The number of benzene rings is 1. The van der Waals surface area contributed by atoms with Crippen molar-refractivity contribution in [3.8, 4) is 5.75 Å². The second-order valence-electron chi connectivity index (χ2n) is 3.33. The second-order valence-corrected chi connectivity index (χ2v) is 4.96. The molecule has 0 radical (unpaired) electrons. The maximum absolute atomic E-state index is 5.87. The molecule has 1 unspecified atom stereocenters. The van der Waals surface area contributed by atoms with Gasteiger partial charge in [0.2, 0.25) is 0 Å². The molecule has 1 atom stereocenters. The molecule has 0 saturated heterocycles. The average Bonchev–Trinajstić information content (AvgIpc) is 2.81. The van der Waals surface area contributed by atoms with Gasteiger partial charge in [0.05, 0.1) is 4.47 Å². The zero-order valence-electron chi connectivity index (χ0n) is 8.60. The molecule has 84 valence electrons. The van der Waals surface area contributed by atoms with Crippen LogP contribution in [0.3, 0.4) is 0 Å². The molecule has 0 aliphatic carbocycles. The smallest absolute Gasteiger partial charge is 0.137 e. The predicted molar refractivity (Wildman–Crippen MR) is 70.9 cm³/mol. The molecule has 0 bridgehead atoms. The molecule has 0 aliphatic heterocycles. The van der Waals surface area contributed by atoms with E-state index >= 15 is 0 Å². The van der Waals surface area contributed by atoms with Crippen LogP contribution in [-0.2, 0) is 0 Å². The van der Waals surface area contributed by atoms with E-state index in [9.17, 15) is 0 Å². The first-order valence-corrected chi connectivity index (χ1v) is 6.68. The molecule has 0 spiro atoms. The quantitative estimate of drug-likeness (QED) is 0.936. The number of ether oxygens (including phenoxy) is 1. The summed E-state index contributed by atoms with van der Waals surface area (Å²) in [6, 6.07) is 9.83. The van der Waals surface area contributed by atoms with Crippen molar-refractivity contribution in [3.63, 3.8) is 0 Å². The number of hydrogen-bond acceptors (Lipinski definition) is 3. The largest absolute Gasteiger partial charge is 0.483 e. The van der Waals surface area contributed by atoms with Gasteiger partial charge < -0.3 is 10.5 Å². The Bertz CT molecular complexity index is 444. The van der Waals surface area contributed by atoms with Crippen LogP contribution in [0.4, 0.5) is 0 Å². The SMILES string of the molecule is NCC(Oc1ccccc1Br)c1ccsc1. The standard InChI is InChI=1S/C12H12BrNOS/c13-10-3-1-2-4-11(10)15-12(7-14)9-5-6-16-8-9/h1-6,8,12H,7,14H2. The summed E-state index contributed by atoms with van der Waals surface area (Å²) in [5, 5.41) is 4.09. The Hall–Kier alpha value is -0.840. The second kappa shape index (κ2) is 5.48. The van der Waals surface area contributed by atoms with Gasteiger partial charge in [-0.3, -0.25) is 0 Å². The molecule has 1 aromatic carbocycles. The van der Waals surface area contributed by atoms with E-state index in [4.69, 9.17) is 10.5 Å². The lowest BCUT2D eigenvalue weighted by molar-refractivity contribution is 0.213. The molecule has 2 aromatic rings. The Balaban J connectivity index is 2.17. The van der Waals surface area contributed by atoms with Gasteiger partial charge in [0.15, 0.2) is 0 Å². The van der Waals surface area contributed by atoms with Crippen molar-refractivity contribution in [1.82, 2.24) is 0 Å². The fourth-order valence-corrected chi connectivity index (χ4v) is 2.48. The summed E-state index contributed by atoms with van der Waals surface area (Å²) in [6.07, 6.45) is -0.0788. The monoisotopic (exact) mass is 297 g/mol. The number of halogens is 1. The molecule has 1 aromatic heterocycles. The van der Waals surface area contributed by atoms with E-state index in [1.54, 1.807) is 11.3 Å². The summed E-state index contributed by atoms with van der Waals surface area (Å²) >= 11 is 5.10. The first-order chi connectivity index (χ1) is 7.81. The van der Waals surface area contributed by atoms with Gasteiger partial charge in [0.25, 0.3) is 0 Å². The summed E-state index contributed by atoms with van der Waals surface area (Å²) in [7, 11) is 0. The van der Waals surface area contributed by atoms with Crippen LogP contribution in [0.1, 0.15) is 11.7 Å².